The summed E-state index contributed by atoms with van der Waals surface area (Å²) >= 11 is 0. The van der Waals surface area contributed by atoms with E-state index in [4.69, 9.17) is 17.7 Å². The third kappa shape index (κ3) is 25.6. The minimum atomic E-state index is -4.65. The van der Waals surface area contributed by atoms with E-state index in [0.717, 1.165) is 280 Å². The number of rotatable bonds is 56. The molecule has 0 radical (unpaired) electrons. The van der Waals surface area contributed by atoms with Crippen LogP contribution in [0, 0.1) is 0 Å². The summed E-state index contributed by atoms with van der Waals surface area (Å²) in [5.74, 6) is 3.88. The number of unbranched alkanes of at least 4 members (excludes halogenated alkanes) is 16. The highest BCUT2D eigenvalue weighted by atomic mass is 28.4. The third-order valence-corrected chi connectivity index (χ3v) is 22.3. The molecule has 0 fully saturated rings. The Labute approximate surface area is 578 Å². The summed E-state index contributed by atoms with van der Waals surface area (Å²) in [6.07, 6.45) is 53.6. The monoisotopic (exact) mass is 1300 g/mol. The Morgan fingerprint density at radius 3 is 0.452 bits per heavy atom. The summed E-state index contributed by atoms with van der Waals surface area (Å²) in [6, 6.07) is 10.2. The normalized spacial score (nSPS) is 11.8. The van der Waals surface area contributed by atoms with Gasteiger partial charge in [-0.15, -0.1) is 0 Å². The summed E-state index contributed by atoms with van der Waals surface area (Å²) in [5.41, 5.74) is 24.1. The van der Waals surface area contributed by atoms with Crippen LogP contribution < -0.4 is 17.7 Å². The van der Waals surface area contributed by atoms with Crippen molar-refractivity contribution in [1.82, 2.24) is 0 Å². The van der Waals surface area contributed by atoms with Crippen LogP contribution in [0.2, 0.25) is 0 Å². The van der Waals surface area contributed by atoms with Gasteiger partial charge in [0.15, 0.2) is 0 Å². The quantitative estimate of drug-likeness (QED) is 0.0413. The Kier molecular flexibility index (Phi) is 42.3. The average Bonchev–Trinajstić information content (AvgIpc) is 0.765. The van der Waals surface area contributed by atoms with Crippen LogP contribution in [-0.4, -0.2) is 9.05 Å². The Morgan fingerprint density at radius 1 is 0.172 bits per heavy atom. The number of aryl methyl sites for hydroxylation is 4. The van der Waals surface area contributed by atoms with Gasteiger partial charge >= 0.3 is 9.05 Å². The lowest BCUT2D eigenvalue weighted by Gasteiger charge is -2.35. The second-order valence-electron chi connectivity index (χ2n) is 28.4. The highest BCUT2D eigenvalue weighted by Crippen LogP contribution is 2.44. The van der Waals surface area contributed by atoms with Crippen LogP contribution in [0.4, 0.5) is 0 Å². The highest BCUT2D eigenvalue weighted by Gasteiger charge is 2.60. The molecule has 5 heteroatoms. The van der Waals surface area contributed by atoms with Gasteiger partial charge < -0.3 is 17.7 Å². The van der Waals surface area contributed by atoms with Gasteiger partial charge in [0.25, 0.3) is 0 Å². The van der Waals surface area contributed by atoms with E-state index in [1.165, 1.54) is 95.9 Å². The molecule has 0 amide bonds. The third-order valence-electron chi connectivity index (χ3n) is 20.4. The lowest BCUT2D eigenvalue weighted by molar-refractivity contribution is 0.157. The molecule has 0 spiro atoms. The molecular formula is C88H148O4Si. The fourth-order valence-corrected chi connectivity index (χ4v) is 16.7. The first-order chi connectivity index (χ1) is 45.5. The summed E-state index contributed by atoms with van der Waals surface area (Å²) in [6.45, 7) is 38.1. The van der Waals surface area contributed by atoms with Crippen LogP contribution in [0.25, 0.3) is 0 Å². The summed E-state index contributed by atoms with van der Waals surface area (Å²) in [7, 11) is -4.65. The molecule has 528 valence electrons. The number of benzene rings is 4. The van der Waals surface area contributed by atoms with E-state index < -0.39 is 9.05 Å². The second kappa shape index (κ2) is 48.1. The molecule has 0 aromatic heterocycles. The maximum atomic E-state index is 8.71. The zero-order valence-corrected chi connectivity index (χ0v) is 65.4. The summed E-state index contributed by atoms with van der Waals surface area (Å²) in [4.78, 5) is 0. The van der Waals surface area contributed by atoms with Crippen LogP contribution in [0.3, 0.4) is 0 Å². The molecule has 0 heterocycles. The average molecular weight is 1300 g/mol. The zero-order chi connectivity index (χ0) is 67.6. The number of hydrogen-bond acceptors (Lipinski definition) is 4. The van der Waals surface area contributed by atoms with Gasteiger partial charge in [-0.2, -0.15) is 0 Å². The molecule has 0 unspecified atom stereocenters. The smallest absolute Gasteiger partial charge is 0.452 e. The van der Waals surface area contributed by atoms with Crippen molar-refractivity contribution in [3.05, 3.63) is 113 Å². The van der Waals surface area contributed by atoms with Crippen molar-refractivity contribution in [3.8, 4) is 23.0 Å². The van der Waals surface area contributed by atoms with Crippen molar-refractivity contribution >= 4 is 9.05 Å². The summed E-state index contributed by atoms with van der Waals surface area (Å²) in [5, 5.41) is 0. The lowest BCUT2D eigenvalue weighted by atomic mass is 9.85. The largest absolute Gasteiger partial charge is 0.966 e. The first-order valence-electron chi connectivity index (χ1n) is 40.9. The van der Waals surface area contributed by atoms with E-state index in [-0.39, 0.29) is 0 Å². The van der Waals surface area contributed by atoms with E-state index >= 15 is 0 Å². The lowest BCUT2D eigenvalue weighted by Crippen LogP contribution is -2.61. The van der Waals surface area contributed by atoms with Crippen LogP contribution in [0.5, 0.6) is 23.0 Å². The molecule has 0 aliphatic rings. The van der Waals surface area contributed by atoms with Crippen molar-refractivity contribution in [1.29, 1.82) is 0 Å². The molecule has 0 aliphatic carbocycles. The molecule has 0 saturated carbocycles. The van der Waals surface area contributed by atoms with Crippen LogP contribution in [0.15, 0.2) is 24.3 Å². The van der Waals surface area contributed by atoms with Gasteiger partial charge in [-0.3, -0.25) is 0 Å². The van der Waals surface area contributed by atoms with Gasteiger partial charge in [0, 0.05) is 0 Å². The molecule has 0 bridgehead atoms. The van der Waals surface area contributed by atoms with E-state index in [0.29, 0.717) is 0 Å². The number of hydrogen-bond donors (Lipinski definition) is 0. The molecule has 4 nitrogen and oxygen atoms in total. The minimum Gasteiger partial charge on any atom is -0.452 e. The molecule has 0 saturated heterocycles. The van der Waals surface area contributed by atoms with Crippen molar-refractivity contribution < 1.29 is 17.7 Å². The van der Waals surface area contributed by atoms with Crippen molar-refractivity contribution in [2.45, 2.75) is 419 Å². The fraction of sp³-hybridized carbons (Fsp3) is 0.727. The topological polar surface area (TPSA) is 36.9 Å². The van der Waals surface area contributed by atoms with E-state index in [1.54, 1.807) is 44.5 Å². The van der Waals surface area contributed by atoms with Crippen LogP contribution in [0.1, 0.15) is 405 Å². The molecule has 4 aromatic carbocycles. The molecular weight excluding hydrogens is 1150 g/mol. The second-order valence-corrected chi connectivity index (χ2v) is 30.3. The van der Waals surface area contributed by atoms with Gasteiger partial charge in [0.1, 0.15) is 23.0 Å². The summed E-state index contributed by atoms with van der Waals surface area (Å²) < 4.78 is 34.8. The maximum Gasteiger partial charge on any atom is 0.966 e. The van der Waals surface area contributed by atoms with Gasteiger partial charge in [0.05, 0.1) is 0 Å². The SMILES string of the molecule is CCCCc1cc(O[Si](Oc2cc(CCCC)c(CCCC)c(CCCC)c2CCCC)(Oc2cc(CCCC)c(CCCC)c(CCCC)c2CCCC)Oc2cc(CCCC)c(CCCC)c(CCCC)c2CCCC)c(CCCC)c(CCCC)c1CCCC. The standard InChI is InChI=1S/C88H148O4Si/c1-17-33-49-69-65-85(81(61-45-29-13)77(57-41-25-9)73(69)53-37-21-5)89-93(90-86-66-70(50-34-18-2)74(54-38-22-6)78(58-42-26-10)82(86)62-46-30-14,91-87-67-71(51-35-19-3)75(55-39-23-7)79(59-43-27-11)83(87)63-47-31-15)92-88-68-72(52-36-20-4)76(56-40-24-8)80(60-44-28-12)84(88)64-48-32-16/h65-68H,17-64H2,1-16H3. The van der Waals surface area contributed by atoms with E-state index in [9.17, 15) is 0 Å². The predicted octanol–water partition coefficient (Wildman–Crippen LogP) is 27.2. The van der Waals surface area contributed by atoms with E-state index in [2.05, 4.69) is 135 Å². The molecule has 0 aliphatic heterocycles. The van der Waals surface area contributed by atoms with Gasteiger partial charge in [-0.1, -0.05) is 214 Å². The molecule has 0 N–H and O–H groups in total. The minimum absolute atomic E-state index is 0.963. The molecule has 4 aromatic rings. The highest BCUT2D eigenvalue weighted by molar-refractivity contribution is 6.57. The van der Waals surface area contributed by atoms with E-state index in [1.807, 2.05) is 0 Å². The zero-order valence-electron chi connectivity index (χ0n) is 64.4. The van der Waals surface area contributed by atoms with Gasteiger partial charge in [0.2, 0.25) is 0 Å². The Bertz CT molecular complexity index is 2300. The first-order valence-corrected chi connectivity index (χ1v) is 42.5. The first kappa shape index (κ1) is 81.7. The Morgan fingerprint density at radius 2 is 0.301 bits per heavy atom. The Hall–Kier alpha value is -3.70. The Balaban J connectivity index is 2.62. The van der Waals surface area contributed by atoms with Crippen LogP contribution in [-0.2, 0) is 103 Å². The van der Waals surface area contributed by atoms with Crippen molar-refractivity contribution in [2.75, 3.05) is 0 Å². The fourth-order valence-electron chi connectivity index (χ4n) is 14.6. The van der Waals surface area contributed by atoms with Crippen LogP contribution >= 0.6 is 0 Å². The predicted molar refractivity (Wildman–Crippen MR) is 412 cm³/mol. The van der Waals surface area contributed by atoms with Gasteiger partial charge in [-0.25, -0.2) is 0 Å². The van der Waals surface area contributed by atoms with Gasteiger partial charge in [-0.05, 0) is 319 Å². The maximum absolute atomic E-state index is 8.71. The molecule has 0 atom stereocenters. The molecule has 4 rings (SSSR count). The molecule has 93 heavy (non-hydrogen) atoms. The van der Waals surface area contributed by atoms with Crippen molar-refractivity contribution in [2.24, 2.45) is 0 Å². The van der Waals surface area contributed by atoms with Crippen molar-refractivity contribution in [3.63, 3.8) is 0 Å².